The van der Waals surface area contributed by atoms with Crippen LogP contribution in [0.15, 0.2) is 36.1 Å². The van der Waals surface area contributed by atoms with Crippen LogP contribution in [0.25, 0.3) is 0 Å². The van der Waals surface area contributed by atoms with Gasteiger partial charge in [0.05, 0.1) is 12.2 Å². The predicted octanol–water partition coefficient (Wildman–Crippen LogP) is 3.50. The van der Waals surface area contributed by atoms with Crippen LogP contribution in [0.2, 0.25) is 19.6 Å². The molecular formula is C20H23ClO6Si. The van der Waals surface area contributed by atoms with E-state index in [2.05, 4.69) is 0 Å². The van der Waals surface area contributed by atoms with Crippen LogP contribution in [0.5, 0.6) is 0 Å². The number of esters is 1. The molecule has 8 heteroatoms. The van der Waals surface area contributed by atoms with Crippen molar-refractivity contribution in [2.45, 2.75) is 49.6 Å². The minimum atomic E-state index is -2.06. The van der Waals surface area contributed by atoms with Gasteiger partial charge >= 0.3 is 5.97 Å². The monoisotopic (exact) mass is 422 g/mol. The first-order valence-corrected chi connectivity index (χ1v) is 12.7. The summed E-state index contributed by atoms with van der Waals surface area (Å²) in [5, 5.41) is 0. The summed E-state index contributed by atoms with van der Waals surface area (Å²) in [6.45, 7) is 7.14. The average Bonchev–Trinajstić information content (AvgIpc) is 2.60. The van der Waals surface area contributed by atoms with Crippen LogP contribution >= 0.6 is 11.6 Å². The highest BCUT2D eigenvalue weighted by Crippen LogP contribution is 2.52. The summed E-state index contributed by atoms with van der Waals surface area (Å²) in [7, 11) is -0.667. The Kier molecular flexibility index (Phi) is 5.06. The summed E-state index contributed by atoms with van der Waals surface area (Å²) in [6, 6.07) is 6.39. The number of fused-ring (bicyclic) bond motifs is 2. The predicted molar refractivity (Wildman–Crippen MR) is 106 cm³/mol. The molecular weight excluding hydrogens is 400 g/mol. The van der Waals surface area contributed by atoms with Gasteiger partial charge in [-0.15, -0.1) is 11.6 Å². The van der Waals surface area contributed by atoms with E-state index in [-0.39, 0.29) is 17.5 Å². The van der Waals surface area contributed by atoms with Gasteiger partial charge < -0.3 is 13.9 Å². The molecule has 0 N–H and O–H groups in total. The Bertz CT molecular complexity index is 889. The molecule has 0 saturated heterocycles. The summed E-state index contributed by atoms with van der Waals surface area (Å²) >= 11 is 6.89. The molecule has 0 aromatic heterocycles. The van der Waals surface area contributed by atoms with Crippen molar-refractivity contribution in [1.82, 2.24) is 0 Å². The first kappa shape index (κ1) is 20.8. The van der Waals surface area contributed by atoms with Gasteiger partial charge in [0.25, 0.3) is 0 Å². The number of alkyl halides is 1. The zero-order chi connectivity index (χ0) is 20.9. The van der Waals surface area contributed by atoms with Crippen LogP contribution in [0.3, 0.4) is 0 Å². The van der Waals surface area contributed by atoms with Gasteiger partial charge in [-0.2, -0.15) is 0 Å². The van der Waals surface area contributed by atoms with Gasteiger partial charge in [0, 0.05) is 25.2 Å². The lowest BCUT2D eigenvalue weighted by molar-refractivity contribution is -0.158. The molecule has 28 heavy (non-hydrogen) atoms. The summed E-state index contributed by atoms with van der Waals surface area (Å²) in [4.78, 5) is 37.1. The highest BCUT2D eigenvalue weighted by Gasteiger charge is 2.71. The molecule has 1 aromatic carbocycles. The zero-order valence-corrected chi connectivity index (χ0v) is 18.3. The third-order valence-corrected chi connectivity index (χ3v) is 6.43. The van der Waals surface area contributed by atoms with Crippen LogP contribution in [-0.2, 0) is 18.7 Å². The SMILES string of the molecule is CO[C@@H]1C=C(O[Si](C)(C)C)C[C@]2(OC(C)=O)C(=O)c3ccccc3C(=O)[C@]12Cl. The molecule has 150 valence electrons. The largest absolute Gasteiger partial charge is 0.547 e. The van der Waals surface area contributed by atoms with Crippen molar-refractivity contribution < 1.29 is 28.3 Å². The lowest BCUT2D eigenvalue weighted by atomic mass is 9.63. The van der Waals surface area contributed by atoms with E-state index < -0.39 is 42.4 Å². The number of carbonyl (C=O) groups is 3. The standard InChI is InChI=1S/C20H23ClO6Si/c1-12(22)26-19-11-13(27-28(3,4)5)10-16(25-2)20(19,21)18(24)15-9-7-6-8-14(15)17(19)23/h6-10,16H,11H2,1-5H3/t16-,19+,20-/m1/s1. The summed E-state index contributed by atoms with van der Waals surface area (Å²) in [5.41, 5.74) is -1.58. The molecule has 2 aliphatic carbocycles. The quantitative estimate of drug-likeness (QED) is 0.419. The van der Waals surface area contributed by atoms with Crippen molar-refractivity contribution >= 4 is 37.5 Å². The number of ether oxygens (including phenoxy) is 2. The number of carbonyl (C=O) groups excluding carboxylic acids is 3. The van der Waals surface area contributed by atoms with E-state index in [0.29, 0.717) is 5.76 Å². The Labute approximate surface area is 169 Å². The zero-order valence-electron chi connectivity index (χ0n) is 16.5. The molecule has 2 aliphatic rings. The van der Waals surface area contributed by atoms with Gasteiger partial charge in [-0.25, -0.2) is 0 Å². The maximum absolute atomic E-state index is 13.6. The number of hydrogen-bond acceptors (Lipinski definition) is 6. The van der Waals surface area contributed by atoms with Gasteiger partial charge in [0.2, 0.25) is 19.7 Å². The summed E-state index contributed by atoms with van der Waals surface area (Å²) < 4.78 is 17.2. The van der Waals surface area contributed by atoms with Crippen LogP contribution < -0.4 is 0 Å². The first-order valence-electron chi connectivity index (χ1n) is 8.96. The minimum Gasteiger partial charge on any atom is -0.547 e. The summed E-state index contributed by atoms with van der Waals surface area (Å²) in [5.74, 6) is -1.32. The van der Waals surface area contributed by atoms with E-state index >= 15 is 0 Å². The molecule has 0 radical (unpaired) electrons. The van der Waals surface area contributed by atoms with Crippen LogP contribution in [0.4, 0.5) is 0 Å². The molecule has 3 rings (SSSR count). The molecule has 0 fully saturated rings. The average molecular weight is 423 g/mol. The fraction of sp³-hybridized carbons (Fsp3) is 0.450. The lowest BCUT2D eigenvalue weighted by Gasteiger charge is -2.51. The van der Waals surface area contributed by atoms with E-state index in [1.54, 1.807) is 24.3 Å². The molecule has 0 unspecified atom stereocenters. The number of benzene rings is 1. The highest BCUT2D eigenvalue weighted by atomic mass is 35.5. The van der Waals surface area contributed by atoms with E-state index in [9.17, 15) is 14.4 Å². The molecule has 0 amide bonds. The topological polar surface area (TPSA) is 78.9 Å². The molecule has 0 aliphatic heterocycles. The van der Waals surface area contributed by atoms with Gasteiger partial charge in [0.15, 0.2) is 10.7 Å². The number of rotatable bonds is 4. The van der Waals surface area contributed by atoms with Gasteiger partial charge in [-0.1, -0.05) is 24.3 Å². The first-order chi connectivity index (χ1) is 13.0. The normalized spacial score (nSPS) is 29.5. The maximum Gasteiger partial charge on any atom is 0.303 e. The summed E-state index contributed by atoms with van der Waals surface area (Å²) in [6.07, 6.45) is 0.476. The Morgan fingerprint density at radius 1 is 1.14 bits per heavy atom. The smallest absolute Gasteiger partial charge is 0.303 e. The Morgan fingerprint density at radius 3 is 2.21 bits per heavy atom. The Balaban J connectivity index is 2.28. The molecule has 0 bridgehead atoms. The highest BCUT2D eigenvalue weighted by molar-refractivity contribution is 6.70. The van der Waals surface area contributed by atoms with Crippen LogP contribution in [0.1, 0.15) is 34.1 Å². The van der Waals surface area contributed by atoms with E-state index in [0.717, 1.165) is 0 Å². The third kappa shape index (κ3) is 3.02. The second-order valence-electron chi connectivity index (χ2n) is 8.02. The van der Waals surface area contributed by atoms with Crippen molar-refractivity contribution in [2.24, 2.45) is 0 Å². The second-order valence-corrected chi connectivity index (χ2v) is 13.0. The Hall–Kier alpha value is -1.96. The molecule has 3 atom stereocenters. The fourth-order valence-corrected chi connectivity index (χ4v) is 5.26. The fourth-order valence-electron chi connectivity index (χ4n) is 3.89. The van der Waals surface area contributed by atoms with Crippen molar-refractivity contribution in [3.63, 3.8) is 0 Å². The number of methoxy groups -OCH3 is 1. The van der Waals surface area contributed by atoms with Crippen LogP contribution in [0, 0.1) is 0 Å². The van der Waals surface area contributed by atoms with E-state index in [1.165, 1.54) is 20.1 Å². The number of halogens is 1. The Morgan fingerprint density at radius 2 is 1.71 bits per heavy atom. The molecule has 1 aromatic rings. The van der Waals surface area contributed by atoms with Crippen LogP contribution in [-0.4, -0.2) is 49.5 Å². The number of Topliss-reactive ketones (excluding diaryl/α,β-unsaturated/α-hetero) is 2. The van der Waals surface area contributed by atoms with E-state index in [4.69, 9.17) is 25.5 Å². The molecule has 0 heterocycles. The van der Waals surface area contributed by atoms with Crippen molar-refractivity contribution in [2.75, 3.05) is 7.11 Å². The number of hydrogen-bond donors (Lipinski definition) is 0. The van der Waals surface area contributed by atoms with Crippen molar-refractivity contribution in [3.05, 3.63) is 47.2 Å². The second kappa shape index (κ2) is 6.83. The minimum absolute atomic E-state index is 0.126. The lowest BCUT2D eigenvalue weighted by Crippen LogP contribution is -2.71. The molecule has 0 saturated carbocycles. The van der Waals surface area contributed by atoms with Gasteiger partial charge in [-0.3, -0.25) is 14.4 Å². The van der Waals surface area contributed by atoms with Gasteiger partial charge in [-0.05, 0) is 25.7 Å². The number of ketones is 2. The third-order valence-electron chi connectivity index (χ3n) is 4.86. The van der Waals surface area contributed by atoms with E-state index in [1.807, 2.05) is 19.6 Å². The molecule has 0 spiro atoms. The van der Waals surface area contributed by atoms with Crippen molar-refractivity contribution in [3.8, 4) is 0 Å². The van der Waals surface area contributed by atoms with Crippen molar-refractivity contribution in [1.29, 1.82) is 0 Å². The molecule has 6 nitrogen and oxygen atoms in total. The maximum atomic E-state index is 13.6. The van der Waals surface area contributed by atoms with Gasteiger partial charge in [0.1, 0.15) is 6.10 Å².